The number of halogens is 5. The number of hydrogen-bond donors (Lipinski definition) is 1. The highest BCUT2D eigenvalue weighted by Gasteiger charge is 2.65. The zero-order valence-electron chi connectivity index (χ0n) is 10.2. The fourth-order valence-electron chi connectivity index (χ4n) is 2.12. The lowest BCUT2D eigenvalue weighted by molar-refractivity contribution is -0.268. The second-order valence-electron chi connectivity index (χ2n) is 4.52. The Labute approximate surface area is 111 Å². The van der Waals surface area contributed by atoms with Gasteiger partial charge in [-0.3, -0.25) is 4.79 Å². The van der Waals surface area contributed by atoms with Crippen molar-refractivity contribution in [2.45, 2.75) is 24.9 Å². The smallest absolute Gasteiger partial charge is 0.399 e. The van der Waals surface area contributed by atoms with Gasteiger partial charge in [-0.1, -0.05) is 0 Å². The first-order chi connectivity index (χ1) is 9.14. The molecule has 1 aromatic rings. The lowest BCUT2D eigenvalue weighted by atomic mass is 10.0. The van der Waals surface area contributed by atoms with E-state index >= 15 is 0 Å². The minimum absolute atomic E-state index is 0.0550. The van der Waals surface area contributed by atoms with Crippen molar-refractivity contribution in [1.82, 2.24) is 0 Å². The van der Waals surface area contributed by atoms with Gasteiger partial charge in [0, 0.05) is 17.9 Å². The summed E-state index contributed by atoms with van der Waals surface area (Å²) in [6, 6.07) is 4.12. The summed E-state index contributed by atoms with van der Waals surface area (Å²) in [4.78, 5) is 12.0. The summed E-state index contributed by atoms with van der Waals surface area (Å²) >= 11 is 0. The Balaban J connectivity index is 2.39. The number of carbonyl (C=O) groups is 1. The van der Waals surface area contributed by atoms with Crippen LogP contribution in [0.25, 0.3) is 0 Å². The normalized spacial score (nSPS) is 15.9. The van der Waals surface area contributed by atoms with Crippen LogP contribution in [0.2, 0.25) is 0 Å². The number of hydrogen-bond acceptors (Lipinski definition) is 2. The quantitative estimate of drug-likeness (QED) is 0.639. The fourth-order valence-corrected chi connectivity index (χ4v) is 2.12. The van der Waals surface area contributed by atoms with Crippen molar-refractivity contribution in [3.05, 3.63) is 23.8 Å². The van der Waals surface area contributed by atoms with Crippen LogP contribution in [-0.4, -0.2) is 24.6 Å². The van der Waals surface area contributed by atoms with Crippen LogP contribution in [0.1, 0.15) is 12.0 Å². The van der Waals surface area contributed by atoms with E-state index in [1.165, 1.54) is 18.2 Å². The zero-order chi connectivity index (χ0) is 15.1. The number of alkyl halides is 5. The number of benzene rings is 1. The molecule has 2 N–H and O–H groups in total. The molecule has 8 heteroatoms. The minimum atomic E-state index is -5.91. The maximum atomic E-state index is 13.1. The third-order valence-electron chi connectivity index (χ3n) is 3.09. The predicted molar refractivity (Wildman–Crippen MR) is 62.5 cm³/mol. The van der Waals surface area contributed by atoms with E-state index in [1.54, 1.807) is 0 Å². The topological polar surface area (TPSA) is 46.3 Å². The molecule has 110 valence electrons. The van der Waals surface area contributed by atoms with Gasteiger partial charge in [-0.2, -0.15) is 22.0 Å². The first kappa shape index (κ1) is 14.5. The van der Waals surface area contributed by atoms with E-state index in [-0.39, 0.29) is 12.2 Å². The molecule has 1 aliphatic heterocycles. The van der Waals surface area contributed by atoms with Gasteiger partial charge in [-0.15, -0.1) is 0 Å². The van der Waals surface area contributed by atoms with E-state index in [0.717, 1.165) is 0 Å². The van der Waals surface area contributed by atoms with Gasteiger partial charge < -0.3 is 10.6 Å². The summed E-state index contributed by atoms with van der Waals surface area (Å²) in [6.45, 7) is -0.179. The van der Waals surface area contributed by atoms with E-state index in [4.69, 9.17) is 5.73 Å². The number of nitrogen functional groups attached to an aromatic ring is 1. The van der Waals surface area contributed by atoms with Crippen molar-refractivity contribution in [2.24, 2.45) is 0 Å². The van der Waals surface area contributed by atoms with Gasteiger partial charge >= 0.3 is 18.0 Å². The third kappa shape index (κ3) is 2.30. The maximum Gasteiger partial charge on any atom is 0.463 e. The lowest BCUT2D eigenvalue weighted by Gasteiger charge is -2.32. The number of aryl methyl sites for hydroxylation is 1. The van der Waals surface area contributed by atoms with E-state index in [0.29, 0.717) is 29.0 Å². The summed E-state index contributed by atoms with van der Waals surface area (Å²) in [6.07, 6.45) is -5.13. The monoisotopic (exact) mass is 294 g/mol. The predicted octanol–water partition coefficient (Wildman–Crippen LogP) is 2.75. The molecule has 0 fully saturated rings. The number of carbonyl (C=O) groups excluding carboxylic acids is 1. The summed E-state index contributed by atoms with van der Waals surface area (Å²) in [7, 11) is 0. The number of nitrogens with zero attached hydrogens (tertiary/aromatic N) is 1. The van der Waals surface area contributed by atoms with Gasteiger partial charge in [0.15, 0.2) is 0 Å². The van der Waals surface area contributed by atoms with E-state index in [2.05, 4.69) is 0 Å². The molecule has 0 saturated carbocycles. The Kier molecular flexibility index (Phi) is 3.35. The van der Waals surface area contributed by atoms with Gasteiger partial charge in [0.05, 0.1) is 0 Å². The third-order valence-corrected chi connectivity index (χ3v) is 3.09. The van der Waals surface area contributed by atoms with E-state index in [1.807, 2.05) is 0 Å². The molecular formula is C12H11F5N2O. The average molecular weight is 294 g/mol. The Bertz CT molecular complexity index is 541. The molecule has 0 spiro atoms. The molecule has 1 heterocycles. The molecule has 0 radical (unpaired) electrons. The molecule has 1 aromatic carbocycles. The Hall–Kier alpha value is -1.86. The summed E-state index contributed by atoms with van der Waals surface area (Å²) < 4.78 is 63.1. The van der Waals surface area contributed by atoms with Gasteiger partial charge in [-0.05, 0) is 36.6 Å². The zero-order valence-corrected chi connectivity index (χ0v) is 10.2. The van der Waals surface area contributed by atoms with Crippen LogP contribution in [0.15, 0.2) is 18.2 Å². The van der Waals surface area contributed by atoms with Crippen molar-refractivity contribution >= 4 is 17.3 Å². The fraction of sp³-hybridized carbons (Fsp3) is 0.417. The van der Waals surface area contributed by atoms with Crippen molar-refractivity contribution in [1.29, 1.82) is 0 Å². The SMILES string of the molecule is Nc1ccc2c(c1)CCCN2C(=O)C(F)(F)C(F)(F)F. The van der Waals surface area contributed by atoms with Gasteiger partial charge in [0.2, 0.25) is 0 Å². The Morgan fingerprint density at radius 2 is 1.85 bits per heavy atom. The highest BCUT2D eigenvalue weighted by atomic mass is 19.4. The average Bonchev–Trinajstić information content (AvgIpc) is 2.35. The van der Waals surface area contributed by atoms with E-state index < -0.39 is 18.0 Å². The number of amides is 1. The number of fused-ring (bicyclic) bond motifs is 1. The molecule has 0 aromatic heterocycles. The van der Waals surface area contributed by atoms with Crippen molar-refractivity contribution in [3.63, 3.8) is 0 Å². The molecule has 0 unspecified atom stereocenters. The standard InChI is InChI=1S/C12H11F5N2O/c13-11(14,12(15,16)17)10(20)19-5-1-2-7-6-8(18)3-4-9(7)19/h3-4,6H,1-2,5,18H2. The first-order valence-corrected chi connectivity index (χ1v) is 5.79. The number of rotatable bonds is 1. The van der Waals surface area contributed by atoms with Crippen LogP contribution in [0.3, 0.4) is 0 Å². The lowest BCUT2D eigenvalue weighted by Crippen LogP contribution is -2.53. The summed E-state index contributed by atoms with van der Waals surface area (Å²) in [5.74, 6) is -7.65. The molecule has 0 bridgehead atoms. The molecule has 3 nitrogen and oxygen atoms in total. The molecule has 1 amide bonds. The van der Waals surface area contributed by atoms with Crippen molar-refractivity contribution < 1.29 is 26.7 Å². The molecule has 1 aliphatic rings. The van der Waals surface area contributed by atoms with Gasteiger partial charge in [0.25, 0.3) is 0 Å². The van der Waals surface area contributed by atoms with Crippen LogP contribution in [0.5, 0.6) is 0 Å². The van der Waals surface area contributed by atoms with Gasteiger partial charge in [0.1, 0.15) is 0 Å². The second-order valence-corrected chi connectivity index (χ2v) is 4.52. The molecular weight excluding hydrogens is 283 g/mol. The van der Waals surface area contributed by atoms with Crippen LogP contribution in [-0.2, 0) is 11.2 Å². The Morgan fingerprint density at radius 1 is 1.20 bits per heavy atom. The van der Waals surface area contributed by atoms with Gasteiger partial charge in [-0.25, -0.2) is 0 Å². The molecule has 0 atom stereocenters. The highest BCUT2D eigenvalue weighted by molar-refractivity contribution is 6.00. The van der Waals surface area contributed by atoms with Crippen molar-refractivity contribution in [3.8, 4) is 0 Å². The largest absolute Gasteiger partial charge is 0.463 e. The molecule has 20 heavy (non-hydrogen) atoms. The van der Waals surface area contributed by atoms with Crippen molar-refractivity contribution in [2.75, 3.05) is 17.2 Å². The van der Waals surface area contributed by atoms with Crippen LogP contribution in [0.4, 0.5) is 33.3 Å². The van der Waals surface area contributed by atoms with Crippen LogP contribution in [0, 0.1) is 0 Å². The number of nitrogens with two attached hydrogens (primary N) is 1. The summed E-state index contributed by atoms with van der Waals surface area (Å²) in [5, 5.41) is 0. The molecule has 0 saturated heterocycles. The first-order valence-electron chi connectivity index (χ1n) is 5.79. The highest BCUT2D eigenvalue weighted by Crippen LogP contribution is 2.39. The van der Waals surface area contributed by atoms with Crippen LogP contribution < -0.4 is 10.6 Å². The number of anilines is 2. The molecule has 0 aliphatic carbocycles. The molecule has 2 rings (SSSR count). The second kappa shape index (κ2) is 4.60. The maximum absolute atomic E-state index is 13.1. The minimum Gasteiger partial charge on any atom is -0.399 e. The van der Waals surface area contributed by atoms with Crippen LogP contribution >= 0.6 is 0 Å². The Morgan fingerprint density at radius 3 is 2.45 bits per heavy atom. The van der Waals surface area contributed by atoms with E-state index in [9.17, 15) is 26.7 Å². The summed E-state index contributed by atoms with van der Waals surface area (Å²) in [5.41, 5.74) is 6.43.